The van der Waals surface area contributed by atoms with E-state index in [1.165, 1.54) is 27.9 Å². The van der Waals surface area contributed by atoms with Crippen LogP contribution in [0.3, 0.4) is 0 Å². The molecule has 0 radical (unpaired) electrons. The highest BCUT2D eigenvalue weighted by molar-refractivity contribution is 7.91. The summed E-state index contributed by atoms with van der Waals surface area (Å²) in [6.45, 7) is 0.329. The second kappa shape index (κ2) is 9.13. The number of nitrogens with two attached hydrogens (primary N) is 1. The minimum absolute atomic E-state index is 0.0119. The molecule has 0 spiro atoms. The first kappa shape index (κ1) is 24.1. The molecule has 2 heterocycles. The van der Waals surface area contributed by atoms with Crippen LogP contribution in [0.2, 0.25) is 0 Å². The number of amides is 2. The Labute approximate surface area is 187 Å². The number of carbonyl (C=O) groups excluding carboxylic acids is 2. The van der Waals surface area contributed by atoms with Gasteiger partial charge in [-0.15, -0.1) is 0 Å². The van der Waals surface area contributed by atoms with Gasteiger partial charge in [0.15, 0.2) is 5.82 Å². The van der Waals surface area contributed by atoms with E-state index in [4.69, 9.17) is 5.73 Å². The number of alkyl halides is 2. The number of nitrogens with zero attached hydrogens (tertiary/aromatic N) is 3. The van der Waals surface area contributed by atoms with Gasteiger partial charge >= 0.3 is 11.9 Å². The zero-order valence-corrected chi connectivity index (χ0v) is 18.0. The minimum Gasteiger partial charge on any atom is -0.465 e. The number of aldehydes is 1. The molecule has 2 amide bonds. The summed E-state index contributed by atoms with van der Waals surface area (Å²) in [6.07, 6.45) is 1.56. The maximum Gasteiger partial charge on any atom is 0.407 e. The highest BCUT2D eigenvalue weighted by atomic mass is 32.2. The Hall–Kier alpha value is -3.55. The Morgan fingerprint density at radius 3 is 2.33 bits per heavy atom. The molecule has 1 aliphatic heterocycles. The SMILES string of the molecule is NC(=O)c1cn(C2(CC=O)CCN(C(=O)O)CC2)nc1Nc1ccc(S(=O)(=O)C(F)F)cc1. The molecule has 0 saturated carbocycles. The molecule has 1 aromatic carbocycles. The van der Waals surface area contributed by atoms with Gasteiger partial charge in [-0.3, -0.25) is 9.48 Å². The molecule has 0 unspecified atom stereocenters. The van der Waals surface area contributed by atoms with E-state index in [0.29, 0.717) is 6.29 Å². The number of nitrogens with one attached hydrogen (secondary N) is 1. The van der Waals surface area contributed by atoms with Crippen molar-refractivity contribution >= 4 is 39.6 Å². The van der Waals surface area contributed by atoms with Crippen molar-refractivity contribution in [1.29, 1.82) is 0 Å². The molecular weight excluding hydrogens is 464 g/mol. The third-order valence-corrected chi connectivity index (χ3v) is 6.97. The number of primary amides is 1. The molecule has 1 aromatic heterocycles. The molecule has 11 nitrogen and oxygen atoms in total. The number of halogens is 2. The van der Waals surface area contributed by atoms with Crippen molar-refractivity contribution < 1.29 is 36.7 Å². The number of anilines is 2. The van der Waals surface area contributed by atoms with Crippen molar-refractivity contribution in [2.75, 3.05) is 18.4 Å². The van der Waals surface area contributed by atoms with Gasteiger partial charge < -0.3 is 25.9 Å². The van der Waals surface area contributed by atoms with Crippen LogP contribution in [0, 0.1) is 0 Å². The zero-order chi connectivity index (χ0) is 24.4. The number of hydrogen-bond acceptors (Lipinski definition) is 7. The first-order valence-electron chi connectivity index (χ1n) is 9.71. The maximum absolute atomic E-state index is 12.7. The predicted octanol–water partition coefficient (Wildman–Crippen LogP) is 1.78. The smallest absolute Gasteiger partial charge is 0.407 e. The maximum atomic E-state index is 12.7. The number of hydrogen-bond donors (Lipinski definition) is 3. The minimum atomic E-state index is -4.76. The van der Waals surface area contributed by atoms with E-state index in [0.717, 1.165) is 12.1 Å². The molecule has 1 aliphatic rings. The lowest BCUT2D eigenvalue weighted by molar-refractivity contribution is -0.110. The Balaban J connectivity index is 1.91. The lowest BCUT2D eigenvalue weighted by Gasteiger charge is -2.40. The molecule has 178 valence electrons. The fraction of sp³-hybridized carbons (Fsp3) is 0.368. The highest BCUT2D eigenvalue weighted by Crippen LogP contribution is 2.34. The van der Waals surface area contributed by atoms with Crippen LogP contribution in [-0.4, -0.2) is 65.3 Å². The summed E-state index contributed by atoms with van der Waals surface area (Å²) in [5.74, 6) is -4.38. The van der Waals surface area contributed by atoms with Crippen LogP contribution in [0.15, 0.2) is 35.4 Å². The quantitative estimate of drug-likeness (QED) is 0.476. The average Bonchev–Trinajstić information content (AvgIpc) is 3.19. The molecule has 0 aliphatic carbocycles. The van der Waals surface area contributed by atoms with Crippen molar-refractivity contribution in [2.45, 2.75) is 35.5 Å². The van der Waals surface area contributed by atoms with Gasteiger partial charge in [-0.2, -0.15) is 13.9 Å². The van der Waals surface area contributed by atoms with Crippen LogP contribution in [0.5, 0.6) is 0 Å². The largest absolute Gasteiger partial charge is 0.465 e. The van der Waals surface area contributed by atoms with Crippen molar-refractivity contribution in [2.24, 2.45) is 5.73 Å². The number of carboxylic acid groups (broad SMARTS) is 1. The molecular formula is C19H21F2N5O6S. The molecule has 2 aromatic rings. The van der Waals surface area contributed by atoms with Gasteiger partial charge in [0.1, 0.15) is 11.8 Å². The van der Waals surface area contributed by atoms with E-state index in [9.17, 15) is 36.7 Å². The standard InChI is InChI=1S/C19H21F2N5O6S/c20-17(21)33(31,32)13-3-1-12(2-4-13)23-16-14(15(22)28)11-26(24-16)19(7-10-27)5-8-25(9-6-19)18(29)30/h1-4,10-11,17H,5-9H2,(H2,22,28)(H,23,24)(H,29,30). The lowest BCUT2D eigenvalue weighted by atomic mass is 9.85. The highest BCUT2D eigenvalue weighted by Gasteiger charge is 2.39. The molecule has 14 heteroatoms. The summed E-state index contributed by atoms with van der Waals surface area (Å²) in [5, 5.41) is 16.3. The normalized spacial score (nSPS) is 15.9. The lowest BCUT2D eigenvalue weighted by Crippen LogP contribution is -2.48. The number of rotatable bonds is 8. The third kappa shape index (κ3) is 4.79. The van der Waals surface area contributed by atoms with E-state index in [1.807, 2.05) is 0 Å². The fourth-order valence-electron chi connectivity index (χ4n) is 3.65. The first-order chi connectivity index (χ1) is 15.5. The van der Waals surface area contributed by atoms with Gasteiger partial charge in [-0.05, 0) is 37.1 Å². The molecule has 3 rings (SSSR count). The molecule has 0 bridgehead atoms. The molecule has 4 N–H and O–H groups in total. The van der Waals surface area contributed by atoms with E-state index in [-0.39, 0.29) is 49.4 Å². The van der Waals surface area contributed by atoms with Gasteiger partial charge in [-0.25, -0.2) is 13.2 Å². The second-order valence-corrected chi connectivity index (χ2v) is 9.44. The van der Waals surface area contributed by atoms with Crippen LogP contribution in [-0.2, 0) is 20.2 Å². The topological polar surface area (TPSA) is 165 Å². The van der Waals surface area contributed by atoms with Gasteiger partial charge in [0.2, 0.25) is 9.84 Å². The van der Waals surface area contributed by atoms with Gasteiger partial charge in [0.25, 0.3) is 5.91 Å². The monoisotopic (exact) mass is 485 g/mol. The van der Waals surface area contributed by atoms with Crippen molar-refractivity contribution in [3.63, 3.8) is 0 Å². The van der Waals surface area contributed by atoms with E-state index >= 15 is 0 Å². The van der Waals surface area contributed by atoms with Gasteiger partial charge in [0, 0.05) is 31.4 Å². The van der Waals surface area contributed by atoms with Crippen molar-refractivity contribution in [1.82, 2.24) is 14.7 Å². The summed E-state index contributed by atoms with van der Waals surface area (Å²) >= 11 is 0. The van der Waals surface area contributed by atoms with Gasteiger partial charge in [-0.1, -0.05) is 0 Å². The summed E-state index contributed by atoms with van der Waals surface area (Å²) in [4.78, 5) is 35.2. The van der Waals surface area contributed by atoms with Crippen molar-refractivity contribution in [3.8, 4) is 0 Å². The Bertz CT molecular complexity index is 1160. The van der Waals surface area contributed by atoms with Gasteiger partial charge in [0.05, 0.1) is 10.4 Å². The first-order valence-corrected chi connectivity index (χ1v) is 11.3. The number of likely N-dealkylation sites (tertiary alicyclic amines) is 1. The average molecular weight is 485 g/mol. The fourth-order valence-corrected chi connectivity index (χ4v) is 4.37. The Morgan fingerprint density at radius 1 is 1.24 bits per heavy atom. The molecule has 1 saturated heterocycles. The van der Waals surface area contributed by atoms with Crippen LogP contribution < -0.4 is 11.1 Å². The Kier molecular flexibility index (Phi) is 6.67. The number of benzene rings is 1. The van der Waals surface area contributed by atoms with Crippen molar-refractivity contribution in [3.05, 3.63) is 36.0 Å². The summed E-state index contributed by atoms with van der Waals surface area (Å²) in [6, 6.07) is 4.43. The number of piperidine rings is 1. The molecule has 0 atom stereocenters. The van der Waals surface area contributed by atoms with Crippen LogP contribution in [0.4, 0.5) is 25.1 Å². The molecule has 1 fully saturated rings. The Morgan fingerprint density at radius 2 is 1.85 bits per heavy atom. The zero-order valence-electron chi connectivity index (χ0n) is 17.1. The van der Waals surface area contributed by atoms with E-state index in [2.05, 4.69) is 10.4 Å². The predicted molar refractivity (Wildman–Crippen MR) is 111 cm³/mol. The number of sulfone groups is 1. The van der Waals surface area contributed by atoms with Crippen LogP contribution in [0.25, 0.3) is 0 Å². The second-order valence-electron chi connectivity index (χ2n) is 7.52. The van der Waals surface area contributed by atoms with Crippen LogP contribution in [0.1, 0.15) is 29.6 Å². The van der Waals surface area contributed by atoms with Crippen LogP contribution >= 0.6 is 0 Å². The number of aromatic nitrogens is 2. The number of carbonyl (C=O) groups is 3. The van der Waals surface area contributed by atoms with E-state index < -0.39 is 38.0 Å². The summed E-state index contributed by atoms with van der Waals surface area (Å²) < 4.78 is 50.0. The third-order valence-electron chi connectivity index (χ3n) is 5.57. The summed E-state index contributed by atoms with van der Waals surface area (Å²) in [7, 11) is -4.76. The summed E-state index contributed by atoms with van der Waals surface area (Å²) in [5.41, 5.74) is 4.81. The molecule has 33 heavy (non-hydrogen) atoms. The van der Waals surface area contributed by atoms with E-state index in [1.54, 1.807) is 0 Å².